The molecule has 160 valence electrons. The SMILES string of the molecule is C[C@@H]1CC2[C@@H](CCC3[C@@H]2CC[C@]2(C)[C@@H](C(=O)Cn4cccn4)CC[C@@H]32)C[C@]1(C)O. The Bertz CT molecular complexity index is 757. The van der Waals surface area contributed by atoms with Crippen LogP contribution in [-0.2, 0) is 11.3 Å². The Morgan fingerprint density at radius 2 is 1.97 bits per heavy atom. The van der Waals surface area contributed by atoms with E-state index in [1.54, 1.807) is 10.9 Å². The molecule has 1 aromatic rings. The normalized spacial score (nSPS) is 49.2. The molecule has 0 aromatic carbocycles. The highest BCUT2D eigenvalue weighted by Gasteiger charge is 2.59. The van der Waals surface area contributed by atoms with Gasteiger partial charge in [-0.15, -0.1) is 0 Å². The fourth-order valence-corrected chi connectivity index (χ4v) is 8.44. The number of hydrogen-bond acceptors (Lipinski definition) is 3. The second-order valence-corrected chi connectivity index (χ2v) is 11.5. The Balaban J connectivity index is 1.33. The van der Waals surface area contributed by atoms with Gasteiger partial charge in [0.1, 0.15) is 0 Å². The highest BCUT2D eigenvalue weighted by molar-refractivity contribution is 5.82. The van der Waals surface area contributed by atoms with Crippen LogP contribution in [0.2, 0.25) is 0 Å². The highest BCUT2D eigenvalue weighted by atomic mass is 16.3. The molecule has 4 saturated carbocycles. The second-order valence-electron chi connectivity index (χ2n) is 11.5. The minimum atomic E-state index is -0.478. The van der Waals surface area contributed by atoms with E-state index in [1.165, 1.54) is 38.5 Å². The van der Waals surface area contributed by atoms with Gasteiger partial charge in [0.05, 0.1) is 12.1 Å². The van der Waals surface area contributed by atoms with Crippen molar-refractivity contribution in [3.8, 4) is 0 Å². The van der Waals surface area contributed by atoms with Crippen molar-refractivity contribution in [2.24, 2.45) is 46.8 Å². The van der Waals surface area contributed by atoms with E-state index in [0.717, 1.165) is 30.6 Å². The summed E-state index contributed by atoms with van der Waals surface area (Å²) >= 11 is 0. The summed E-state index contributed by atoms with van der Waals surface area (Å²) in [4.78, 5) is 13.2. The molecule has 0 spiro atoms. The summed E-state index contributed by atoms with van der Waals surface area (Å²) < 4.78 is 1.80. The second kappa shape index (κ2) is 6.93. The third-order valence-electron chi connectivity index (χ3n) is 10.1. The first-order valence-electron chi connectivity index (χ1n) is 12.0. The molecular weight excluding hydrogens is 360 g/mol. The van der Waals surface area contributed by atoms with E-state index >= 15 is 0 Å². The van der Waals surface area contributed by atoms with Gasteiger partial charge in [0.15, 0.2) is 5.78 Å². The van der Waals surface area contributed by atoms with Gasteiger partial charge in [-0.1, -0.05) is 13.8 Å². The molecule has 0 bridgehead atoms. The maximum Gasteiger partial charge on any atom is 0.157 e. The van der Waals surface area contributed by atoms with Crippen molar-refractivity contribution in [2.45, 2.75) is 84.3 Å². The van der Waals surface area contributed by atoms with Crippen molar-refractivity contribution in [3.05, 3.63) is 18.5 Å². The van der Waals surface area contributed by atoms with E-state index in [9.17, 15) is 9.90 Å². The van der Waals surface area contributed by atoms with E-state index in [-0.39, 0.29) is 11.3 Å². The van der Waals surface area contributed by atoms with Crippen LogP contribution in [0.25, 0.3) is 0 Å². The Morgan fingerprint density at radius 1 is 1.14 bits per heavy atom. The lowest BCUT2D eigenvalue weighted by Crippen LogP contribution is -2.53. The number of fused-ring (bicyclic) bond motifs is 5. The molecule has 4 aliphatic rings. The average Bonchev–Trinajstić information content (AvgIpc) is 3.29. The van der Waals surface area contributed by atoms with Crippen molar-refractivity contribution in [1.29, 1.82) is 0 Å². The summed E-state index contributed by atoms with van der Waals surface area (Å²) in [6.07, 6.45) is 13.3. The van der Waals surface area contributed by atoms with E-state index in [0.29, 0.717) is 30.1 Å². The topological polar surface area (TPSA) is 55.1 Å². The lowest BCUT2D eigenvalue weighted by Gasteiger charge is -2.58. The van der Waals surface area contributed by atoms with Gasteiger partial charge in [0.25, 0.3) is 0 Å². The van der Waals surface area contributed by atoms with Crippen LogP contribution in [0.3, 0.4) is 0 Å². The van der Waals surface area contributed by atoms with Gasteiger partial charge in [-0.25, -0.2) is 0 Å². The first-order valence-corrected chi connectivity index (χ1v) is 12.0. The van der Waals surface area contributed by atoms with Crippen molar-refractivity contribution in [3.63, 3.8) is 0 Å². The lowest BCUT2D eigenvalue weighted by molar-refractivity contribution is -0.137. The number of aliphatic hydroxyl groups is 1. The van der Waals surface area contributed by atoms with Gasteiger partial charge in [-0.2, -0.15) is 5.10 Å². The summed E-state index contributed by atoms with van der Waals surface area (Å²) in [6, 6.07) is 1.90. The molecule has 0 amide bonds. The molecule has 29 heavy (non-hydrogen) atoms. The first-order chi connectivity index (χ1) is 13.8. The molecule has 0 saturated heterocycles. The third kappa shape index (κ3) is 3.12. The molecule has 5 rings (SSSR count). The monoisotopic (exact) mass is 398 g/mol. The van der Waals surface area contributed by atoms with E-state index < -0.39 is 5.60 Å². The summed E-state index contributed by atoms with van der Waals surface area (Å²) in [5, 5.41) is 15.1. The summed E-state index contributed by atoms with van der Waals surface area (Å²) in [7, 11) is 0. The van der Waals surface area contributed by atoms with E-state index in [2.05, 4.69) is 25.9 Å². The average molecular weight is 399 g/mol. The molecule has 4 nitrogen and oxygen atoms in total. The molecule has 1 N–H and O–H groups in total. The third-order valence-corrected chi connectivity index (χ3v) is 10.1. The summed E-state index contributed by atoms with van der Waals surface area (Å²) in [5.74, 6) is 4.86. The van der Waals surface area contributed by atoms with Crippen molar-refractivity contribution in [1.82, 2.24) is 9.78 Å². The predicted octanol–water partition coefficient (Wildman–Crippen LogP) is 4.72. The number of Topliss-reactive ketones (excluding diaryl/α,β-unsaturated/α-hetero) is 1. The van der Waals surface area contributed by atoms with Crippen LogP contribution in [-0.4, -0.2) is 26.3 Å². The standard InChI is InChI=1S/C25H38N2O2/c1-16-13-20-17(14-25(16,3)29)5-6-19-18(20)9-10-24(2)21(19)7-8-22(24)23(28)15-27-12-4-11-26-27/h4,11-12,16-22,29H,5-10,13-15H2,1-3H3/t16-,17+,18+,19?,20?,21+,22-,24+,25+/m1/s1. The number of carbonyl (C=O) groups is 1. The zero-order valence-corrected chi connectivity index (χ0v) is 18.4. The maximum atomic E-state index is 13.2. The molecular formula is C25H38N2O2. The van der Waals surface area contributed by atoms with Crippen LogP contribution in [0.1, 0.15) is 72.1 Å². The number of rotatable bonds is 3. The fourth-order valence-electron chi connectivity index (χ4n) is 8.44. The Labute approximate surface area is 175 Å². The number of nitrogens with zero attached hydrogens (tertiary/aromatic N) is 2. The molecule has 4 aliphatic carbocycles. The molecule has 9 atom stereocenters. The summed E-state index contributed by atoms with van der Waals surface area (Å²) in [5.41, 5.74) is -0.293. The van der Waals surface area contributed by atoms with Gasteiger partial charge in [-0.3, -0.25) is 9.48 Å². The Kier molecular flexibility index (Phi) is 4.73. The Morgan fingerprint density at radius 3 is 2.72 bits per heavy atom. The zero-order chi connectivity index (χ0) is 20.4. The van der Waals surface area contributed by atoms with Crippen molar-refractivity contribution < 1.29 is 9.90 Å². The van der Waals surface area contributed by atoms with Crippen LogP contribution in [0.5, 0.6) is 0 Å². The van der Waals surface area contributed by atoms with Crippen LogP contribution in [0, 0.1) is 46.8 Å². The molecule has 0 aliphatic heterocycles. The minimum absolute atomic E-state index is 0.185. The zero-order valence-electron chi connectivity index (χ0n) is 18.4. The number of aromatic nitrogens is 2. The lowest BCUT2D eigenvalue weighted by atomic mass is 9.48. The largest absolute Gasteiger partial charge is 0.390 e. The molecule has 2 unspecified atom stereocenters. The smallest absolute Gasteiger partial charge is 0.157 e. The predicted molar refractivity (Wildman–Crippen MR) is 113 cm³/mol. The summed E-state index contributed by atoms with van der Waals surface area (Å²) in [6.45, 7) is 7.19. The van der Waals surface area contributed by atoms with Crippen LogP contribution >= 0.6 is 0 Å². The van der Waals surface area contributed by atoms with Crippen LogP contribution in [0.4, 0.5) is 0 Å². The highest BCUT2D eigenvalue weighted by Crippen LogP contribution is 2.65. The van der Waals surface area contributed by atoms with Gasteiger partial charge < -0.3 is 5.11 Å². The van der Waals surface area contributed by atoms with Crippen molar-refractivity contribution >= 4 is 5.78 Å². The Hall–Kier alpha value is -1.16. The molecule has 1 aromatic heterocycles. The molecule has 1 heterocycles. The number of hydrogen-bond donors (Lipinski definition) is 1. The van der Waals surface area contributed by atoms with Gasteiger partial charge in [0, 0.05) is 18.3 Å². The van der Waals surface area contributed by atoms with Crippen molar-refractivity contribution in [2.75, 3.05) is 0 Å². The van der Waals surface area contributed by atoms with E-state index in [4.69, 9.17) is 0 Å². The minimum Gasteiger partial charge on any atom is -0.390 e. The molecule has 0 radical (unpaired) electrons. The number of ketones is 1. The fraction of sp³-hybridized carbons (Fsp3) is 0.840. The van der Waals surface area contributed by atoms with Crippen LogP contribution in [0.15, 0.2) is 18.5 Å². The quantitative estimate of drug-likeness (QED) is 0.802. The molecule has 4 fully saturated rings. The van der Waals surface area contributed by atoms with Crippen LogP contribution < -0.4 is 0 Å². The van der Waals surface area contributed by atoms with Gasteiger partial charge in [0.2, 0.25) is 0 Å². The van der Waals surface area contributed by atoms with E-state index in [1.807, 2.05) is 12.3 Å². The maximum absolute atomic E-state index is 13.2. The van der Waals surface area contributed by atoms with Gasteiger partial charge in [-0.05, 0) is 105 Å². The first kappa shape index (κ1) is 19.8. The van der Waals surface area contributed by atoms with Gasteiger partial charge >= 0.3 is 0 Å². The molecule has 4 heteroatoms. The number of carbonyl (C=O) groups excluding carboxylic acids is 1.